The largest absolute Gasteiger partial charge is 0.340 e. The van der Waals surface area contributed by atoms with Crippen molar-refractivity contribution in [1.82, 2.24) is 9.21 Å². The van der Waals surface area contributed by atoms with E-state index >= 15 is 0 Å². The number of halogens is 1. The molecule has 0 aromatic heterocycles. The van der Waals surface area contributed by atoms with Gasteiger partial charge >= 0.3 is 0 Å². The summed E-state index contributed by atoms with van der Waals surface area (Å²) >= 11 is 3.35. The minimum atomic E-state index is -3.75. The van der Waals surface area contributed by atoms with E-state index in [1.54, 1.807) is 36.2 Å². The Morgan fingerprint density at radius 1 is 1.00 bits per heavy atom. The molecule has 0 atom stereocenters. The van der Waals surface area contributed by atoms with Crippen LogP contribution in [0.4, 0.5) is 0 Å². The lowest BCUT2D eigenvalue weighted by atomic mass is 9.95. The van der Waals surface area contributed by atoms with Gasteiger partial charge in [0.1, 0.15) is 0 Å². The molecule has 0 bridgehead atoms. The number of sulfonamides is 1. The second-order valence-electron chi connectivity index (χ2n) is 7.53. The van der Waals surface area contributed by atoms with Crippen LogP contribution in [0.15, 0.2) is 64.0 Å². The quantitative estimate of drug-likeness (QED) is 0.591. The van der Waals surface area contributed by atoms with Crippen molar-refractivity contribution in [3.63, 3.8) is 0 Å². The fourth-order valence-electron chi connectivity index (χ4n) is 3.72. The van der Waals surface area contributed by atoms with Crippen LogP contribution in [0.2, 0.25) is 0 Å². The Bertz CT molecular complexity index is 911. The minimum absolute atomic E-state index is 0.133. The molecule has 0 N–H and O–H groups in total. The van der Waals surface area contributed by atoms with Gasteiger partial charge in [0.25, 0.3) is 0 Å². The predicted octanol–water partition coefficient (Wildman–Crippen LogP) is 4.43. The van der Waals surface area contributed by atoms with E-state index in [1.165, 1.54) is 4.31 Å². The first-order valence-corrected chi connectivity index (χ1v) is 12.2. The number of carbonyl (C=O) groups is 1. The summed E-state index contributed by atoms with van der Waals surface area (Å²) in [6, 6.07) is 16.2. The molecule has 0 aliphatic heterocycles. The molecule has 1 aliphatic carbocycles. The molecule has 2 aromatic carbocycles. The maximum Gasteiger partial charge on any atom is 0.243 e. The van der Waals surface area contributed by atoms with Gasteiger partial charge in [-0.3, -0.25) is 4.79 Å². The van der Waals surface area contributed by atoms with Crippen LogP contribution in [0.3, 0.4) is 0 Å². The fourth-order valence-corrected chi connectivity index (χ4v) is 5.62. The smallest absolute Gasteiger partial charge is 0.243 e. The first-order valence-electron chi connectivity index (χ1n) is 9.93. The predicted molar refractivity (Wildman–Crippen MR) is 118 cm³/mol. The van der Waals surface area contributed by atoms with Gasteiger partial charge in [-0.1, -0.05) is 65.5 Å². The van der Waals surface area contributed by atoms with Crippen LogP contribution in [0.25, 0.3) is 0 Å². The van der Waals surface area contributed by atoms with E-state index in [0.717, 1.165) is 42.1 Å². The highest BCUT2D eigenvalue weighted by Gasteiger charge is 2.34. The molecule has 7 heteroatoms. The van der Waals surface area contributed by atoms with Gasteiger partial charge in [-0.05, 0) is 42.7 Å². The summed E-state index contributed by atoms with van der Waals surface area (Å²) in [6.07, 6.45) is 4.69. The normalized spacial score (nSPS) is 15.4. The highest BCUT2D eigenvalue weighted by Crippen LogP contribution is 2.28. The fraction of sp³-hybridized carbons (Fsp3) is 0.409. The second kappa shape index (κ2) is 9.87. The van der Waals surface area contributed by atoms with E-state index in [4.69, 9.17) is 0 Å². The van der Waals surface area contributed by atoms with E-state index in [9.17, 15) is 13.2 Å². The van der Waals surface area contributed by atoms with E-state index < -0.39 is 10.0 Å². The summed E-state index contributed by atoms with van der Waals surface area (Å²) < 4.78 is 29.0. The molecule has 0 radical (unpaired) electrons. The summed E-state index contributed by atoms with van der Waals surface area (Å²) in [5.41, 5.74) is 1.02. The number of likely N-dealkylation sites (N-methyl/N-ethyl adjacent to an activating group) is 1. The van der Waals surface area contributed by atoms with Gasteiger partial charge in [0, 0.05) is 24.1 Å². The van der Waals surface area contributed by atoms with Gasteiger partial charge in [-0.25, -0.2) is 8.42 Å². The van der Waals surface area contributed by atoms with Crippen molar-refractivity contribution in [1.29, 1.82) is 0 Å². The van der Waals surface area contributed by atoms with Crippen LogP contribution >= 0.6 is 15.9 Å². The Labute approximate surface area is 181 Å². The first kappa shape index (κ1) is 22.0. The highest BCUT2D eigenvalue weighted by atomic mass is 79.9. The van der Waals surface area contributed by atoms with Crippen molar-refractivity contribution < 1.29 is 13.2 Å². The van der Waals surface area contributed by atoms with Crippen LogP contribution in [0, 0.1) is 0 Å². The van der Waals surface area contributed by atoms with Crippen LogP contribution in [0.1, 0.15) is 37.7 Å². The Kier molecular flexibility index (Phi) is 7.49. The SMILES string of the molecule is CN(Cc1ccccc1)C(=O)CN(C1CCCCC1)S(=O)(=O)c1ccc(Br)cc1. The average Bonchev–Trinajstić information content (AvgIpc) is 2.73. The van der Waals surface area contributed by atoms with Crippen LogP contribution in [0.5, 0.6) is 0 Å². The third kappa shape index (κ3) is 5.68. The molecule has 29 heavy (non-hydrogen) atoms. The van der Waals surface area contributed by atoms with E-state index in [1.807, 2.05) is 30.3 Å². The van der Waals surface area contributed by atoms with Crippen LogP contribution < -0.4 is 0 Å². The zero-order valence-electron chi connectivity index (χ0n) is 16.6. The van der Waals surface area contributed by atoms with E-state index in [2.05, 4.69) is 15.9 Å². The third-order valence-electron chi connectivity index (χ3n) is 5.38. The summed E-state index contributed by atoms with van der Waals surface area (Å²) in [4.78, 5) is 14.8. The first-order chi connectivity index (χ1) is 13.9. The molecule has 1 aliphatic rings. The van der Waals surface area contributed by atoms with Crippen molar-refractivity contribution in [3.05, 3.63) is 64.6 Å². The lowest BCUT2D eigenvalue weighted by Gasteiger charge is -2.34. The Morgan fingerprint density at radius 3 is 2.24 bits per heavy atom. The number of hydrogen-bond acceptors (Lipinski definition) is 3. The molecule has 0 heterocycles. The Morgan fingerprint density at radius 2 is 1.62 bits per heavy atom. The summed E-state index contributed by atoms with van der Waals surface area (Å²) in [6.45, 7) is 0.322. The van der Waals surface area contributed by atoms with Gasteiger partial charge in [0.05, 0.1) is 11.4 Å². The molecule has 0 spiro atoms. The number of rotatable bonds is 7. The van der Waals surface area contributed by atoms with Gasteiger partial charge in [0.2, 0.25) is 15.9 Å². The standard InChI is InChI=1S/C22H27BrN2O3S/c1-24(16-18-8-4-2-5-9-18)22(26)17-25(20-10-6-3-7-11-20)29(27,28)21-14-12-19(23)13-15-21/h2,4-5,8-9,12-15,20H,3,6-7,10-11,16-17H2,1H3. The third-order valence-corrected chi connectivity index (χ3v) is 7.82. The molecule has 156 valence electrons. The van der Waals surface area contributed by atoms with Crippen molar-refractivity contribution >= 4 is 31.9 Å². The average molecular weight is 479 g/mol. The monoisotopic (exact) mass is 478 g/mol. The molecule has 3 rings (SSSR count). The Balaban J connectivity index is 1.81. The number of nitrogens with zero attached hydrogens (tertiary/aromatic N) is 2. The maximum absolute atomic E-state index is 13.4. The molecule has 5 nitrogen and oxygen atoms in total. The van der Waals surface area contributed by atoms with E-state index in [0.29, 0.717) is 6.54 Å². The van der Waals surface area contributed by atoms with Crippen molar-refractivity contribution in [2.75, 3.05) is 13.6 Å². The number of benzene rings is 2. The van der Waals surface area contributed by atoms with Gasteiger partial charge in [0.15, 0.2) is 0 Å². The lowest BCUT2D eigenvalue weighted by molar-refractivity contribution is -0.131. The zero-order valence-corrected chi connectivity index (χ0v) is 19.0. The maximum atomic E-state index is 13.4. The second-order valence-corrected chi connectivity index (χ2v) is 10.3. The van der Waals surface area contributed by atoms with Gasteiger partial charge in [-0.2, -0.15) is 4.31 Å². The summed E-state index contributed by atoms with van der Waals surface area (Å²) in [5.74, 6) is -0.194. The molecule has 1 amide bonds. The zero-order chi connectivity index (χ0) is 20.9. The highest BCUT2D eigenvalue weighted by molar-refractivity contribution is 9.10. The molecule has 1 fully saturated rings. The van der Waals surface area contributed by atoms with Crippen molar-refractivity contribution in [2.24, 2.45) is 0 Å². The topological polar surface area (TPSA) is 57.7 Å². The molecule has 1 saturated carbocycles. The molecule has 2 aromatic rings. The molecular formula is C22H27BrN2O3S. The molecule has 0 unspecified atom stereocenters. The van der Waals surface area contributed by atoms with Crippen molar-refractivity contribution in [2.45, 2.75) is 49.6 Å². The number of amides is 1. The Hall–Kier alpha value is -1.70. The molecular weight excluding hydrogens is 452 g/mol. The van der Waals surface area contributed by atoms with Crippen LogP contribution in [-0.4, -0.2) is 43.2 Å². The van der Waals surface area contributed by atoms with Gasteiger partial charge < -0.3 is 4.90 Å². The minimum Gasteiger partial charge on any atom is -0.340 e. The summed E-state index contributed by atoms with van der Waals surface area (Å²) in [7, 11) is -2.03. The molecule has 0 saturated heterocycles. The van der Waals surface area contributed by atoms with Crippen molar-refractivity contribution in [3.8, 4) is 0 Å². The van der Waals surface area contributed by atoms with Gasteiger partial charge in [-0.15, -0.1) is 0 Å². The number of carbonyl (C=O) groups excluding carboxylic acids is 1. The lowest BCUT2D eigenvalue weighted by Crippen LogP contribution is -2.47. The van der Waals surface area contributed by atoms with Crippen LogP contribution in [-0.2, 0) is 21.4 Å². The summed E-state index contributed by atoms with van der Waals surface area (Å²) in [5, 5.41) is 0. The number of hydrogen-bond donors (Lipinski definition) is 0. The van der Waals surface area contributed by atoms with E-state index in [-0.39, 0.29) is 23.4 Å².